The lowest BCUT2D eigenvalue weighted by molar-refractivity contribution is 0.0563. The number of fused-ring (bicyclic) bond motifs is 3. The van der Waals surface area contributed by atoms with Crippen LogP contribution < -0.4 is 10.6 Å². The molecule has 3 N–H and O–H groups in total. The first-order valence-electron chi connectivity index (χ1n) is 14.7. The second-order valence-electron chi connectivity index (χ2n) is 12.1. The van der Waals surface area contributed by atoms with E-state index in [0.29, 0.717) is 17.8 Å². The van der Waals surface area contributed by atoms with E-state index in [-0.39, 0.29) is 17.8 Å². The Bertz CT molecular complexity index is 1860. The number of hydrogen-bond acceptors (Lipinski definition) is 4. The summed E-state index contributed by atoms with van der Waals surface area (Å²) < 4.78 is 7.36. The average Bonchev–Trinajstić information content (AvgIpc) is 3.34. The van der Waals surface area contributed by atoms with Crippen molar-refractivity contribution >= 4 is 39.5 Å². The minimum atomic E-state index is -0.684. The maximum absolute atomic E-state index is 14.0. The number of amidine groups is 1. The Morgan fingerprint density at radius 3 is 2.53 bits per heavy atom. The third-order valence-corrected chi connectivity index (χ3v) is 7.93. The van der Waals surface area contributed by atoms with Crippen molar-refractivity contribution in [1.29, 1.82) is 5.41 Å². The molecule has 1 aromatic heterocycles. The Morgan fingerprint density at radius 2 is 1.70 bits per heavy atom. The van der Waals surface area contributed by atoms with Gasteiger partial charge in [0.2, 0.25) is 0 Å². The molecule has 0 aliphatic heterocycles. The lowest BCUT2D eigenvalue weighted by atomic mass is 9.87. The van der Waals surface area contributed by atoms with Gasteiger partial charge in [-0.1, -0.05) is 78.9 Å². The molecule has 0 bridgehead atoms. The lowest BCUT2D eigenvalue weighted by Crippen LogP contribution is -2.36. The maximum atomic E-state index is 14.0. The number of aryl methyl sites for hydroxylation is 1. The van der Waals surface area contributed by atoms with Gasteiger partial charge in [0, 0.05) is 23.0 Å². The highest BCUT2D eigenvalue weighted by Gasteiger charge is 2.25. The van der Waals surface area contributed by atoms with Gasteiger partial charge in [0.25, 0.3) is 5.91 Å². The number of amides is 2. The second-order valence-corrected chi connectivity index (χ2v) is 12.1. The SMILES string of the molecule is CC(C)(C)OC(=O)NC(=N)c1ccc2cc(C(=O)N[C@H]3CCCc4ccccc43)n(Cc3cccc4ccccc34)c2c1. The smallest absolute Gasteiger partial charge is 0.413 e. The molecule has 1 aliphatic carbocycles. The van der Waals surface area contributed by atoms with E-state index in [2.05, 4.69) is 53.1 Å². The third-order valence-electron chi connectivity index (χ3n) is 7.93. The summed E-state index contributed by atoms with van der Waals surface area (Å²) in [7, 11) is 0. The number of hydrogen-bond donors (Lipinski definition) is 3. The van der Waals surface area contributed by atoms with Gasteiger partial charge >= 0.3 is 6.09 Å². The molecule has 5 aromatic rings. The molecule has 43 heavy (non-hydrogen) atoms. The fourth-order valence-corrected chi connectivity index (χ4v) is 5.98. The fourth-order valence-electron chi connectivity index (χ4n) is 5.98. The van der Waals surface area contributed by atoms with Crippen molar-refractivity contribution in [2.24, 2.45) is 0 Å². The average molecular weight is 573 g/mol. The van der Waals surface area contributed by atoms with E-state index in [1.54, 1.807) is 26.8 Å². The van der Waals surface area contributed by atoms with Crippen molar-refractivity contribution < 1.29 is 14.3 Å². The van der Waals surface area contributed by atoms with Gasteiger partial charge in [-0.25, -0.2) is 4.79 Å². The molecule has 7 nitrogen and oxygen atoms in total. The van der Waals surface area contributed by atoms with E-state index < -0.39 is 11.7 Å². The normalized spacial score (nSPS) is 14.7. The van der Waals surface area contributed by atoms with Gasteiger partial charge in [-0.15, -0.1) is 0 Å². The number of benzene rings is 4. The van der Waals surface area contributed by atoms with Gasteiger partial charge in [-0.2, -0.15) is 0 Å². The van der Waals surface area contributed by atoms with Crippen LogP contribution in [-0.2, 0) is 17.7 Å². The minimum absolute atomic E-state index is 0.0526. The number of rotatable bonds is 5. The summed E-state index contributed by atoms with van der Waals surface area (Å²) in [6, 6.07) is 30.2. The second kappa shape index (κ2) is 11.4. The van der Waals surface area contributed by atoms with Crippen LogP contribution in [0, 0.1) is 5.41 Å². The molecular formula is C36H36N4O3. The first-order chi connectivity index (χ1) is 20.7. The minimum Gasteiger partial charge on any atom is -0.444 e. The predicted octanol–water partition coefficient (Wildman–Crippen LogP) is 7.50. The summed E-state index contributed by atoms with van der Waals surface area (Å²) >= 11 is 0. The van der Waals surface area contributed by atoms with Crippen molar-refractivity contribution in [3.63, 3.8) is 0 Å². The summed E-state index contributed by atoms with van der Waals surface area (Å²) in [5.74, 6) is -0.208. The quantitative estimate of drug-likeness (QED) is 0.150. The van der Waals surface area contributed by atoms with Gasteiger partial charge < -0.3 is 14.6 Å². The zero-order chi connectivity index (χ0) is 30.1. The van der Waals surface area contributed by atoms with Crippen LogP contribution in [0.15, 0.2) is 91.0 Å². The van der Waals surface area contributed by atoms with Crippen molar-refractivity contribution in [3.8, 4) is 0 Å². The molecule has 1 atom stereocenters. The van der Waals surface area contributed by atoms with Gasteiger partial charge in [0.05, 0.1) is 6.04 Å². The number of carbonyl (C=O) groups is 2. The van der Waals surface area contributed by atoms with Crippen LogP contribution in [-0.4, -0.2) is 28.0 Å². The Kier molecular flexibility index (Phi) is 7.48. The molecule has 6 rings (SSSR count). The Balaban J connectivity index is 1.39. The van der Waals surface area contributed by atoms with E-state index >= 15 is 0 Å². The molecule has 1 heterocycles. The molecule has 4 aromatic carbocycles. The predicted molar refractivity (Wildman–Crippen MR) is 171 cm³/mol. The van der Waals surface area contributed by atoms with Gasteiger partial charge in [0.1, 0.15) is 17.1 Å². The Labute approximate surface area is 251 Å². The standard InChI is InChI=1S/C36H36N4O3/c1-36(2,3)43-35(42)39-33(37)26-19-18-25-20-32(34(41)38-30-17-9-13-24-11-5-7-16-29(24)30)40(31(25)21-26)22-27-14-8-12-23-10-4-6-15-28(23)27/h4-8,10-12,14-16,18-21,30H,9,13,17,22H2,1-3H3,(H,38,41)(H2,37,39,42)/t30-/m0/s1. The van der Waals surface area contributed by atoms with Crippen LogP contribution in [0.3, 0.4) is 0 Å². The zero-order valence-electron chi connectivity index (χ0n) is 24.7. The van der Waals surface area contributed by atoms with Crippen LogP contribution in [0.5, 0.6) is 0 Å². The number of nitrogens with zero attached hydrogens (tertiary/aromatic N) is 1. The summed E-state index contributed by atoms with van der Waals surface area (Å²) in [4.78, 5) is 26.4. The van der Waals surface area contributed by atoms with E-state index in [9.17, 15) is 9.59 Å². The van der Waals surface area contributed by atoms with Gasteiger partial charge in [0.15, 0.2) is 0 Å². The fraction of sp³-hybridized carbons (Fsp3) is 0.250. The van der Waals surface area contributed by atoms with Crippen LogP contribution in [0.1, 0.15) is 72.4 Å². The molecule has 0 saturated heterocycles. The molecule has 0 spiro atoms. The van der Waals surface area contributed by atoms with E-state index in [0.717, 1.165) is 46.5 Å². The van der Waals surface area contributed by atoms with Crippen molar-refractivity contribution in [2.75, 3.05) is 0 Å². The van der Waals surface area contributed by atoms with Crippen LogP contribution in [0.4, 0.5) is 4.79 Å². The highest BCUT2D eigenvalue weighted by atomic mass is 16.6. The molecule has 2 amide bonds. The van der Waals surface area contributed by atoms with Crippen molar-refractivity contribution in [3.05, 3.63) is 119 Å². The largest absolute Gasteiger partial charge is 0.444 e. The van der Waals surface area contributed by atoms with Crippen molar-refractivity contribution in [1.82, 2.24) is 15.2 Å². The van der Waals surface area contributed by atoms with Gasteiger partial charge in [-0.3, -0.25) is 15.5 Å². The monoisotopic (exact) mass is 572 g/mol. The van der Waals surface area contributed by atoms with E-state index in [1.165, 1.54) is 11.1 Å². The Hall–Kier alpha value is -4.91. The summed E-state index contributed by atoms with van der Waals surface area (Å²) in [5.41, 5.74) is 4.75. The molecule has 0 radical (unpaired) electrons. The highest BCUT2D eigenvalue weighted by Crippen LogP contribution is 2.31. The molecular weight excluding hydrogens is 536 g/mol. The van der Waals surface area contributed by atoms with Crippen molar-refractivity contribution in [2.45, 2.75) is 58.2 Å². The first kappa shape index (κ1) is 28.2. The number of nitrogens with one attached hydrogen (secondary N) is 3. The summed E-state index contributed by atoms with van der Waals surface area (Å²) in [5, 5.41) is 17.6. The van der Waals surface area contributed by atoms with Crippen LogP contribution in [0.25, 0.3) is 21.7 Å². The lowest BCUT2D eigenvalue weighted by Gasteiger charge is -2.26. The number of aromatic nitrogens is 1. The molecule has 7 heteroatoms. The molecule has 218 valence electrons. The molecule has 1 aliphatic rings. The third kappa shape index (κ3) is 6.02. The van der Waals surface area contributed by atoms with Crippen LogP contribution >= 0.6 is 0 Å². The topological polar surface area (TPSA) is 96.2 Å². The first-order valence-corrected chi connectivity index (χ1v) is 14.7. The summed E-state index contributed by atoms with van der Waals surface area (Å²) in [6.07, 6.45) is 2.26. The Morgan fingerprint density at radius 1 is 0.930 bits per heavy atom. The van der Waals surface area contributed by atoms with E-state index in [4.69, 9.17) is 10.1 Å². The molecule has 0 saturated carbocycles. The van der Waals surface area contributed by atoms with E-state index in [1.807, 2.05) is 47.0 Å². The number of carbonyl (C=O) groups excluding carboxylic acids is 2. The van der Waals surface area contributed by atoms with Crippen LogP contribution in [0.2, 0.25) is 0 Å². The zero-order valence-corrected chi connectivity index (χ0v) is 24.7. The number of ether oxygens (including phenoxy) is 1. The molecule has 0 unspecified atom stereocenters. The summed E-state index contributed by atoms with van der Waals surface area (Å²) in [6.45, 7) is 5.80. The highest BCUT2D eigenvalue weighted by molar-refractivity contribution is 6.07. The maximum Gasteiger partial charge on any atom is 0.413 e. The molecule has 0 fully saturated rings. The number of alkyl carbamates (subject to hydrolysis) is 1. The van der Waals surface area contributed by atoms with Gasteiger partial charge in [-0.05, 0) is 79.6 Å².